The highest BCUT2D eigenvalue weighted by Gasteiger charge is 2.40. The first-order valence-electron chi connectivity index (χ1n) is 7.72. The van der Waals surface area contributed by atoms with E-state index in [1.165, 1.54) is 0 Å². The summed E-state index contributed by atoms with van der Waals surface area (Å²) in [6.07, 6.45) is 3.39. The second kappa shape index (κ2) is 8.49. The molecule has 5 heteroatoms. The van der Waals surface area contributed by atoms with Crippen molar-refractivity contribution in [2.24, 2.45) is 5.92 Å². The molecule has 0 heterocycles. The number of likely N-dealkylation sites (N-methyl/N-ethyl adjacent to an activating group) is 1. The minimum Gasteiger partial charge on any atom is -0.550 e. The molecule has 1 N–H and O–H groups in total. The van der Waals surface area contributed by atoms with Crippen LogP contribution in [0, 0.1) is 5.92 Å². The van der Waals surface area contributed by atoms with Gasteiger partial charge in [-0.05, 0) is 12.3 Å². The molecule has 5 nitrogen and oxygen atoms in total. The van der Waals surface area contributed by atoms with Crippen LogP contribution in [0.2, 0.25) is 0 Å². The van der Waals surface area contributed by atoms with Gasteiger partial charge in [-0.2, -0.15) is 0 Å². The minimum absolute atomic E-state index is 0.0752. The van der Waals surface area contributed by atoms with Crippen LogP contribution < -0.4 is 5.11 Å². The van der Waals surface area contributed by atoms with Crippen LogP contribution in [0.1, 0.15) is 52.4 Å². The zero-order valence-corrected chi connectivity index (χ0v) is 14.1. The number of ketones is 1. The van der Waals surface area contributed by atoms with Crippen molar-refractivity contribution in [2.75, 3.05) is 27.7 Å². The quantitative estimate of drug-likeness (QED) is 0.451. The third-order valence-electron chi connectivity index (χ3n) is 3.38. The number of unbranched alkanes of at least 4 members (excludes halogenated alkanes) is 2. The van der Waals surface area contributed by atoms with Gasteiger partial charge in [0.1, 0.15) is 6.54 Å². The lowest BCUT2D eigenvalue weighted by atomic mass is 9.89. The summed E-state index contributed by atoms with van der Waals surface area (Å²) in [6.45, 7) is 4.39. The van der Waals surface area contributed by atoms with E-state index in [0.29, 0.717) is 16.8 Å². The lowest BCUT2D eigenvalue weighted by molar-refractivity contribution is -0.875. The number of carbonyl (C=O) groups is 2. The Hall–Kier alpha value is -0.940. The number of Topliss-reactive ketones (excluding diaryl/α,β-unsaturated/α-hetero) is 1. The Kier molecular flexibility index (Phi) is 8.11. The molecule has 0 aromatic rings. The van der Waals surface area contributed by atoms with Crippen LogP contribution in [0.15, 0.2) is 0 Å². The molecule has 0 saturated carbocycles. The van der Waals surface area contributed by atoms with Crippen molar-refractivity contribution in [1.82, 2.24) is 0 Å². The summed E-state index contributed by atoms with van der Waals surface area (Å²) in [5, 5.41) is 21.3. The van der Waals surface area contributed by atoms with Crippen LogP contribution in [-0.4, -0.2) is 54.6 Å². The summed E-state index contributed by atoms with van der Waals surface area (Å²) < 4.78 is 0.322. The highest BCUT2D eigenvalue weighted by molar-refractivity contribution is 5.90. The molecule has 0 radical (unpaired) electrons. The molecule has 0 aromatic carbocycles. The number of aliphatic carboxylic acids is 1. The second-order valence-corrected chi connectivity index (χ2v) is 7.45. The Morgan fingerprint density at radius 1 is 1.14 bits per heavy atom. The fourth-order valence-corrected chi connectivity index (χ4v) is 2.51. The van der Waals surface area contributed by atoms with E-state index in [1.54, 1.807) is 0 Å². The van der Waals surface area contributed by atoms with Crippen molar-refractivity contribution in [1.29, 1.82) is 0 Å². The Bertz CT molecular complexity index is 347. The van der Waals surface area contributed by atoms with Crippen molar-refractivity contribution in [2.45, 2.75) is 58.0 Å². The molecule has 0 aliphatic heterocycles. The standard InChI is InChI=1S/C16H31NO4/c1-13(2)9-7-6-8-10-14(18)16(21,11-15(19)20)12-17(3,4)5/h13,21H,6-12H2,1-5H3/t16-/m1/s1. The van der Waals surface area contributed by atoms with Gasteiger partial charge in [-0.15, -0.1) is 0 Å². The lowest BCUT2D eigenvalue weighted by Crippen LogP contribution is -2.56. The summed E-state index contributed by atoms with van der Waals surface area (Å²) in [6, 6.07) is 0. The summed E-state index contributed by atoms with van der Waals surface area (Å²) >= 11 is 0. The third kappa shape index (κ3) is 9.58. The molecule has 0 fully saturated rings. The molecule has 0 aliphatic carbocycles. The smallest absolute Gasteiger partial charge is 0.177 e. The van der Waals surface area contributed by atoms with Gasteiger partial charge >= 0.3 is 0 Å². The van der Waals surface area contributed by atoms with Gasteiger partial charge in [-0.25, -0.2) is 0 Å². The van der Waals surface area contributed by atoms with E-state index in [9.17, 15) is 19.8 Å². The zero-order chi connectivity index (χ0) is 16.7. The summed E-state index contributed by atoms with van der Waals surface area (Å²) in [4.78, 5) is 23.1. The van der Waals surface area contributed by atoms with Crippen molar-refractivity contribution >= 4 is 11.8 Å². The Labute approximate surface area is 128 Å². The SMILES string of the molecule is CC(C)CCCCCC(=O)[C@@](O)(CC(=O)[O-])C[N+](C)(C)C. The lowest BCUT2D eigenvalue weighted by Gasteiger charge is -2.34. The minimum atomic E-state index is -1.82. The van der Waals surface area contributed by atoms with E-state index in [-0.39, 0.29) is 18.7 Å². The largest absolute Gasteiger partial charge is 0.550 e. The summed E-state index contributed by atoms with van der Waals surface area (Å²) in [5.74, 6) is -1.13. The number of nitrogens with zero attached hydrogens (tertiary/aromatic N) is 1. The third-order valence-corrected chi connectivity index (χ3v) is 3.38. The van der Waals surface area contributed by atoms with E-state index in [0.717, 1.165) is 19.3 Å². The molecule has 124 valence electrons. The van der Waals surface area contributed by atoms with Crippen LogP contribution in [0.3, 0.4) is 0 Å². The van der Waals surface area contributed by atoms with Crippen LogP contribution in [0.4, 0.5) is 0 Å². The highest BCUT2D eigenvalue weighted by Crippen LogP contribution is 2.19. The first kappa shape index (κ1) is 20.1. The van der Waals surface area contributed by atoms with Gasteiger partial charge in [0.25, 0.3) is 0 Å². The number of carboxylic acids is 1. The first-order chi connectivity index (χ1) is 9.46. The van der Waals surface area contributed by atoms with Gasteiger partial charge in [-0.3, -0.25) is 4.79 Å². The van der Waals surface area contributed by atoms with Gasteiger partial charge in [-0.1, -0.05) is 33.1 Å². The predicted molar refractivity (Wildman–Crippen MR) is 80.4 cm³/mol. The van der Waals surface area contributed by atoms with E-state index < -0.39 is 18.0 Å². The molecule has 0 aliphatic rings. The van der Waals surface area contributed by atoms with Crippen molar-refractivity contribution in [3.05, 3.63) is 0 Å². The maximum absolute atomic E-state index is 12.2. The molecular formula is C16H31NO4. The highest BCUT2D eigenvalue weighted by atomic mass is 16.4. The number of hydrogen-bond acceptors (Lipinski definition) is 4. The average molecular weight is 301 g/mol. The van der Waals surface area contributed by atoms with Crippen LogP contribution >= 0.6 is 0 Å². The van der Waals surface area contributed by atoms with E-state index in [1.807, 2.05) is 21.1 Å². The van der Waals surface area contributed by atoms with Gasteiger partial charge in [0, 0.05) is 18.8 Å². The Balaban J connectivity index is 4.49. The first-order valence-corrected chi connectivity index (χ1v) is 7.72. The van der Waals surface area contributed by atoms with Crippen LogP contribution in [0.25, 0.3) is 0 Å². The van der Waals surface area contributed by atoms with Crippen molar-refractivity contribution in [3.63, 3.8) is 0 Å². The van der Waals surface area contributed by atoms with Gasteiger partial charge in [0.05, 0.1) is 21.1 Å². The fraction of sp³-hybridized carbons (Fsp3) is 0.875. The number of quaternary nitrogens is 1. The van der Waals surface area contributed by atoms with Crippen molar-refractivity contribution in [3.8, 4) is 0 Å². The Morgan fingerprint density at radius 2 is 1.71 bits per heavy atom. The summed E-state index contributed by atoms with van der Waals surface area (Å²) in [7, 11) is 5.45. The molecule has 21 heavy (non-hydrogen) atoms. The number of carbonyl (C=O) groups excluding carboxylic acids is 2. The molecular weight excluding hydrogens is 270 g/mol. The maximum atomic E-state index is 12.2. The molecule has 0 aromatic heterocycles. The molecule has 0 amide bonds. The number of rotatable bonds is 11. The molecule has 0 unspecified atom stereocenters. The topological polar surface area (TPSA) is 77.4 Å². The van der Waals surface area contributed by atoms with Gasteiger partial charge < -0.3 is 19.5 Å². The van der Waals surface area contributed by atoms with Gasteiger partial charge in [0.2, 0.25) is 0 Å². The van der Waals surface area contributed by atoms with Crippen LogP contribution in [0.5, 0.6) is 0 Å². The van der Waals surface area contributed by atoms with E-state index in [4.69, 9.17) is 0 Å². The normalized spacial score (nSPS) is 15.0. The predicted octanol–water partition coefficient (Wildman–Crippen LogP) is 0.739. The molecule has 0 spiro atoms. The van der Waals surface area contributed by atoms with Crippen molar-refractivity contribution < 1.29 is 24.3 Å². The average Bonchev–Trinajstić information content (AvgIpc) is 2.23. The van der Waals surface area contributed by atoms with E-state index >= 15 is 0 Å². The fourth-order valence-electron chi connectivity index (χ4n) is 2.51. The molecule has 0 saturated heterocycles. The monoisotopic (exact) mass is 301 g/mol. The molecule has 1 atom stereocenters. The molecule has 0 bridgehead atoms. The number of carboxylic acid groups (broad SMARTS) is 1. The number of hydrogen-bond donors (Lipinski definition) is 1. The van der Waals surface area contributed by atoms with E-state index in [2.05, 4.69) is 13.8 Å². The maximum Gasteiger partial charge on any atom is 0.177 e. The summed E-state index contributed by atoms with van der Waals surface area (Å²) in [5.41, 5.74) is -1.82. The van der Waals surface area contributed by atoms with Gasteiger partial charge in [0.15, 0.2) is 11.4 Å². The number of aliphatic hydroxyl groups is 1. The Morgan fingerprint density at radius 3 is 2.14 bits per heavy atom. The van der Waals surface area contributed by atoms with Crippen LogP contribution in [-0.2, 0) is 9.59 Å². The molecule has 0 rings (SSSR count). The second-order valence-electron chi connectivity index (χ2n) is 7.45. The zero-order valence-electron chi connectivity index (χ0n) is 14.1.